The molecule has 112 valence electrons. The van der Waals surface area contributed by atoms with E-state index in [1.54, 1.807) is 18.2 Å². The molecular formula is C15H14N4O2S. The van der Waals surface area contributed by atoms with Gasteiger partial charge >= 0.3 is 0 Å². The molecule has 0 amide bonds. The first-order chi connectivity index (χ1) is 10.6. The van der Waals surface area contributed by atoms with Gasteiger partial charge in [0.25, 0.3) is 10.0 Å². The van der Waals surface area contributed by atoms with Gasteiger partial charge in [0.15, 0.2) is 5.82 Å². The fourth-order valence-corrected chi connectivity index (χ4v) is 3.11. The number of nitrogens with zero attached hydrogens (tertiary/aromatic N) is 2. The lowest BCUT2D eigenvalue weighted by atomic mass is 10.3. The first kappa shape index (κ1) is 14.2. The van der Waals surface area contributed by atoms with E-state index in [0.717, 1.165) is 0 Å². The molecule has 1 heterocycles. The molecule has 0 aliphatic heterocycles. The van der Waals surface area contributed by atoms with E-state index in [4.69, 9.17) is 5.73 Å². The SMILES string of the molecule is Nc1cnn(-c2ccccc2)c1NS(=O)(=O)c1ccccc1. The molecule has 6 nitrogen and oxygen atoms in total. The minimum absolute atomic E-state index is 0.162. The van der Waals surface area contributed by atoms with Crippen LogP contribution < -0.4 is 10.5 Å². The Bertz CT molecular complexity index is 874. The lowest BCUT2D eigenvalue weighted by molar-refractivity contribution is 0.600. The fourth-order valence-electron chi connectivity index (χ4n) is 2.01. The molecule has 3 rings (SSSR count). The van der Waals surface area contributed by atoms with E-state index < -0.39 is 10.0 Å². The highest BCUT2D eigenvalue weighted by Crippen LogP contribution is 2.24. The van der Waals surface area contributed by atoms with Gasteiger partial charge in [-0.05, 0) is 24.3 Å². The van der Waals surface area contributed by atoms with E-state index in [0.29, 0.717) is 5.69 Å². The van der Waals surface area contributed by atoms with Crippen LogP contribution in [-0.4, -0.2) is 18.2 Å². The van der Waals surface area contributed by atoms with Crippen LogP contribution >= 0.6 is 0 Å². The molecule has 0 bridgehead atoms. The zero-order valence-electron chi connectivity index (χ0n) is 11.5. The Morgan fingerprint density at radius 2 is 1.55 bits per heavy atom. The number of nitrogen functional groups attached to an aromatic ring is 1. The smallest absolute Gasteiger partial charge is 0.263 e. The molecule has 0 fully saturated rings. The van der Waals surface area contributed by atoms with Crippen LogP contribution in [0, 0.1) is 0 Å². The van der Waals surface area contributed by atoms with Gasteiger partial charge in [0.05, 0.1) is 22.5 Å². The van der Waals surface area contributed by atoms with Gasteiger partial charge in [-0.25, -0.2) is 13.1 Å². The Morgan fingerprint density at radius 3 is 2.18 bits per heavy atom. The average Bonchev–Trinajstić information content (AvgIpc) is 2.90. The van der Waals surface area contributed by atoms with Gasteiger partial charge in [-0.1, -0.05) is 36.4 Å². The van der Waals surface area contributed by atoms with Crippen molar-refractivity contribution in [3.8, 4) is 5.69 Å². The summed E-state index contributed by atoms with van der Waals surface area (Å²) in [5.41, 5.74) is 6.82. The Balaban J connectivity index is 2.02. The predicted molar refractivity (Wildman–Crippen MR) is 85.2 cm³/mol. The van der Waals surface area contributed by atoms with Crippen LogP contribution in [0.25, 0.3) is 5.69 Å². The van der Waals surface area contributed by atoms with Crippen molar-refractivity contribution < 1.29 is 8.42 Å². The number of para-hydroxylation sites is 1. The molecule has 7 heteroatoms. The summed E-state index contributed by atoms with van der Waals surface area (Å²) in [5, 5.41) is 4.13. The molecule has 2 aromatic carbocycles. The van der Waals surface area contributed by atoms with Crippen molar-refractivity contribution in [1.29, 1.82) is 0 Å². The van der Waals surface area contributed by atoms with Gasteiger partial charge in [0, 0.05) is 0 Å². The quantitative estimate of drug-likeness (QED) is 0.773. The van der Waals surface area contributed by atoms with Gasteiger partial charge in [-0.15, -0.1) is 0 Å². The first-order valence-electron chi connectivity index (χ1n) is 6.55. The van der Waals surface area contributed by atoms with Crippen molar-refractivity contribution in [1.82, 2.24) is 9.78 Å². The highest BCUT2D eigenvalue weighted by molar-refractivity contribution is 7.92. The van der Waals surface area contributed by atoms with Crippen molar-refractivity contribution in [3.63, 3.8) is 0 Å². The molecule has 0 saturated heterocycles. The number of nitrogens with one attached hydrogen (secondary N) is 1. The molecule has 0 spiro atoms. The van der Waals surface area contributed by atoms with Crippen LogP contribution in [0.3, 0.4) is 0 Å². The molecule has 0 aliphatic carbocycles. The van der Waals surface area contributed by atoms with Gasteiger partial charge < -0.3 is 5.73 Å². The molecule has 0 unspecified atom stereocenters. The van der Waals surface area contributed by atoms with Crippen LogP contribution in [0.1, 0.15) is 0 Å². The lowest BCUT2D eigenvalue weighted by Gasteiger charge is -2.11. The van der Waals surface area contributed by atoms with E-state index in [9.17, 15) is 8.42 Å². The Hall–Kier alpha value is -2.80. The molecule has 0 saturated carbocycles. The van der Waals surface area contributed by atoms with Gasteiger partial charge in [-0.3, -0.25) is 4.72 Å². The highest BCUT2D eigenvalue weighted by Gasteiger charge is 2.19. The summed E-state index contributed by atoms with van der Waals surface area (Å²) in [7, 11) is -3.73. The van der Waals surface area contributed by atoms with E-state index in [-0.39, 0.29) is 16.4 Å². The fraction of sp³-hybridized carbons (Fsp3) is 0. The molecular weight excluding hydrogens is 300 g/mol. The maximum atomic E-state index is 12.4. The number of sulfonamides is 1. The maximum absolute atomic E-state index is 12.4. The second-order valence-corrected chi connectivity index (χ2v) is 6.30. The number of hydrogen-bond acceptors (Lipinski definition) is 4. The predicted octanol–water partition coefficient (Wildman–Crippen LogP) is 2.26. The lowest BCUT2D eigenvalue weighted by Crippen LogP contribution is -2.16. The van der Waals surface area contributed by atoms with Gasteiger partial charge in [0.1, 0.15) is 0 Å². The van der Waals surface area contributed by atoms with Gasteiger partial charge in [0.2, 0.25) is 0 Å². The monoisotopic (exact) mass is 314 g/mol. The molecule has 0 radical (unpaired) electrons. The molecule has 1 aromatic heterocycles. The van der Waals surface area contributed by atoms with Crippen LogP contribution in [0.2, 0.25) is 0 Å². The van der Waals surface area contributed by atoms with Crippen molar-refractivity contribution in [2.75, 3.05) is 10.5 Å². The van der Waals surface area contributed by atoms with Crippen molar-refractivity contribution in [2.45, 2.75) is 4.90 Å². The van der Waals surface area contributed by atoms with Crippen molar-refractivity contribution in [3.05, 3.63) is 66.9 Å². The number of hydrogen-bond donors (Lipinski definition) is 2. The van der Waals surface area contributed by atoms with Gasteiger partial charge in [-0.2, -0.15) is 5.10 Å². The summed E-state index contributed by atoms with van der Waals surface area (Å²) in [4.78, 5) is 0.162. The number of nitrogens with two attached hydrogens (primary N) is 1. The Morgan fingerprint density at radius 1 is 0.955 bits per heavy atom. The second-order valence-electron chi connectivity index (χ2n) is 4.61. The normalized spacial score (nSPS) is 11.3. The topological polar surface area (TPSA) is 90.0 Å². The van der Waals surface area contributed by atoms with E-state index >= 15 is 0 Å². The summed E-state index contributed by atoms with van der Waals surface area (Å²) in [6, 6.07) is 17.3. The molecule has 22 heavy (non-hydrogen) atoms. The molecule has 3 N–H and O–H groups in total. The van der Waals surface area contributed by atoms with Crippen LogP contribution in [0.4, 0.5) is 11.5 Å². The summed E-state index contributed by atoms with van der Waals surface area (Å²) in [5.74, 6) is 0.218. The zero-order valence-corrected chi connectivity index (χ0v) is 12.4. The first-order valence-corrected chi connectivity index (χ1v) is 8.03. The summed E-state index contributed by atoms with van der Waals surface area (Å²) in [6.07, 6.45) is 1.41. The zero-order chi connectivity index (χ0) is 15.6. The standard InChI is InChI=1S/C15H14N4O2S/c16-14-11-17-19(12-7-3-1-4-8-12)15(14)18-22(20,21)13-9-5-2-6-10-13/h1-11,18H,16H2. The van der Waals surface area contributed by atoms with Crippen LogP contribution in [0.5, 0.6) is 0 Å². The maximum Gasteiger partial charge on any atom is 0.263 e. The number of aromatic nitrogens is 2. The third kappa shape index (κ3) is 2.66. The molecule has 0 atom stereocenters. The minimum atomic E-state index is -3.73. The third-order valence-corrected chi connectivity index (χ3v) is 4.44. The highest BCUT2D eigenvalue weighted by atomic mass is 32.2. The molecule has 3 aromatic rings. The molecule has 0 aliphatic rings. The average molecular weight is 314 g/mol. The summed E-state index contributed by atoms with van der Waals surface area (Å²) >= 11 is 0. The van der Waals surface area contributed by atoms with E-state index in [1.165, 1.54) is 23.0 Å². The van der Waals surface area contributed by atoms with Crippen molar-refractivity contribution >= 4 is 21.5 Å². The van der Waals surface area contributed by atoms with Crippen LogP contribution in [0.15, 0.2) is 71.8 Å². The second kappa shape index (κ2) is 5.53. The van der Waals surface area contributed by atoms with Crippen LogP contribution in [-0.2, 0) is 10.0 Å². The number of anilines is 2. The Kier molecular flexibility index (Phi) is 3.56. The van der Waals surface area contributed by atoms with E-state index in [2.05, 4.69) is 9.82 Å². The Labute approximate surface area is 128 Å². The summed E-state index contributed by atoms with van der Waals surface area (Å²) in [6.45, 7) is 0. The third-order valence-electron chi connectivity index (χ3n) is 3.08. The number of rotatable bonds is 4. The number of benzene rings is 2. The summed E-state index contributed by atoms with van der Waals surface area (Å²) < 4.78 is 28.8. The minimum Gasteiger partial charge on any atom is -0.394 e. The van der Waals surface area contributed by atoms with Crippen molar-refractivity contribution in [2.24, 2.45) is 0 Å². The largest absolute Gasteiger partial charge is 0.394 e. The van der Waals surface area contributed by atoms with E-state index in [1.807, 2.05) is 30.3 Å².